The van der Waals surface area contributed by atoms with Crippen LogP contribution in [0.15, 0.2) is 0 Å². The molecule has 2 N–H and O–H groups in total. The van der Waals surface area contributed by atoms with Gasteiger partial charge in [-0.05, 0) is 12.8 Å². The molecule has 84 valence electrons. The first-order valence-electron chi connectivity index (χ1n) is 4.64. The van der Waals surface area contributed by atoms with Crippen molar-refractivity contribution in [3.05, 3.63) is 0 Å². The molecule has 0 heterocycles. The number of carbonyl (C=O) groups excluding carboxylic acids is 1. The van der Waals surface area contributed by atoms with Crippen LogP contribution >= 0.6 is 0 Å². The van der Waals surface area contributed by atoms with Crippen LogP contribution in [-0.4, -0.2) is 17.5 Å². The third-order valence-electron chi connectivity index (χ3n) is 2.45. The summed E-state index contributed by atoms with van der Waals surface area (Å²) in [5.41, 5.74) is 4.57. The summed E-state index contributed by atoms with van der Waals surface area (Å²) in [6.45, 7) is 3.41. The molecule has 0 aliphatic heterocycles. The molecule has 0 aromatic rings. The van der Waals surface area contributed by atoms with Crippen LogP contribution in [-0.2, 0) is 4.79 Å². The highest BCUT2D eigenvalue weighted by Gasteiger charge is 2.34. The Balaban J connectivity index is 4.20. The summed E-state index contributed by atoms with van der Waals surface area (Å²) in [7, 11) is 0. The van der Waals surface area contributed by atoms with Gasteiger partial charge in [0, 0.05) is 6.42 Å². The summed E-state index contributed by atoms with van der Waals surface area (Å²) in [4.78, 5) is 11.3. The highest BCUT2D eigenvalue weighted by Crippen LogP contribution is 2.24. The summed E-state index contributed by atoms with van der Waals surface area (Å²) < 4.78 is 35.5. The van der Waals surface area contributed by atoms with Gasteiger partial charge in [-0.15, -0.1) is 0 Å². The van der Waals surface area contributed by atoms with Crippen LogP contribution in [0.4, 0.5) is 13.2 Å². The quantitative estimate of drug-likeness (QED) is 0.758. The molecule has 0 saturated carbocycles. The van der Waals surface area contributed by atoms with Crippen molar-refractivity contribution in [1.82, 2.24) is 0 Å². The summed E-state index contributed by atoms with van der Waals surface area (Å²) in [5, 5.41) is 0. The zero-order valence-corrected chi connectivity index (χ0v) is 8.45. The number of alkyl halides is 3. The zero-order chi connectivity index (χ0) is 11.4. The molecule has 0 unspecified atom stereocenters. The molecule has 0 atom stereocenters. The zero-order valence-electron chi connectivity index (χ0n) is 8.45. The molecule has 2 nitrogen and oxygen atoms in total. The third-order valence-corrected chi connectivity index (χ3v) is 2.45. The Morgan fingerprint density at radius 3 is 1.93 bits per heavy atom. The predicted octanol–water partition coefficient (Wildman–Crippen LogP) is 2.42. The van der Waals surface area contributed by atoms with Crippen molar-refractivity contribution >= 4 is 5.78 Å². The Morgan fingerprint density at radius 1 is 1.21 bits per heavy atom. The molecule has 0 fully saturated rings. The maximum Gasteiger partial charge on any atom is 0.389 e. The maximum absolute atomic E-state index is 11.8. The summed E-state index contributed by atoms with van der Waals surface area (Å²) in [6.07, 6.45) is -5.12. The number of carbonyl (C=O) groups is 1. The van der Waals surface area contributed by atoms with Crippen molar-refractivity contribution in [3.63, 3.8) is 0 Å². The fourth-order valence-electron chi connectivity index (χ4n) is 1.15. The minimum atomic E-state index is -4.28. The van der Waals surface area contributed by atoms with E-state index < -0.39 is 30.3 Å². The predicted molar refractivity (Wildman–Crippen MR) is 47.8 cm³/mol. The van der Waals surface area contributed by atoms with Crippen LogP contribution in [0.3, 0.4) is 0 Å². The van der Waals surface area contributed by atoms with Crippen LogP contribution in [0, 0.1) is 0 Å². The standard InChI is InChI=1S/C9H16F3NO/c1-3-8(13,4-2)7(14)5-6-9(10,11)12/h3-6,13H2,1-2H3. The summed E-state index contributed by atoms with van der Waals surface area (Å²) in [5.74, 6) is -0.500. The van der Waals surface area contributed by atoms with Gasteiger partial charge in [0.25, 0.3) is 0 Å². The van der Waals surface area contributed by atoms with Gasteiger partial charge in [-0.1, -0.05) is 13.8 Å². The number of ketones is 1. The van der Waals surface area contributed by atoms with E-state index in [9.17, 15) is 18.0 Å². The van der Waals surface area contributed by atoms with Crippen molar-refractivity contribution in [2.45, 2.75) is 51.2 Å². The van der Waals surface area contributed by atoms with Gasteiger partial charge in [0.15, 0.2) is 5.78 Å². The SMILES string of the molecule is CCC(N)(CC)C(=O)CCC(F)(F)F. The first-order chi connectivity index (χ1) is 6.25. The molecule has 0 saturated heterocycles. The van der Waals surface area contributed by atoms with Crippen molar-refractivity contribution < 1.29 is 18.0 Å². The molecule has 0 aliphatic carbocycles. The monoisotopic (exact) mass is 211 g/mol. The lowest BCUT2D eigenvalue weighted by Gasteiger charge is -2.24. The van der Waals surface area contributed by atoms with Crippen molar-refractivity contribution in [2.75, 3.05) is 0 Å². The number of halogens is 3. The largest absolute Gasteiger partial charge is 0.389 e. The molecule has 5 heteroatoms. The molecule has 0 amide bonds. The molecular weight excluding hydrogens is 195 g/mol. The highest BCUT2D eigenvalue weighted by atomic mass is 19.4. The van der Waals surface area contributed by atoms with Gasteiger partial charge in [0.05, 0.1) is 12.0 Å². The van der Waals surface area contributed by atoms with E-state index in [2.05, 4.69) is 0 Å². The van der Waals surface area contributed by atoms with E-state index in [0.717, 1.165) is 0 Å². The van der Waals surface area contributed by atoms with E-state index in [0.29, 0.717) is 12.8 Å². The average Bonchev–Trinajstić information content (AvgIpc) is 2.11. The molecule has 0 aromatic heterocycles. The second-order valence-electron chi connectivity index (χ2n) is 3.40. The summed E-state index contributed by atoms with van der Waals surface area (Å²) >= 11 is 0. The summed E-state index contributed by atoms with van der Waals surface area (Å²) in [6, 6.07) is 0. The number of Topliss-reactive ketones (excluding diaryl/α,β-unsaturated/α-hetero) is 1. The Kier molecular flexibility index (Phi) is 4.58. The first kappa shape index (κ1) is 13.4. The molecule has 0 radical (unpaired) electrons. The Morgan fingerprint density at radius 2 is 1.64 bits per heavy atom. The second kappa shape index (κ2) is 4.77. The highest BCUT2D eigenvalue weighted by molar-refractivity contribution is 5.88. The van der Waals surface area contributed by atoms with Gasteiger partial charge in [0.1, 0.15) is 0 Å². The van der Waals surface area contributed by atoms with Crippen molar-refractivity contribution in [2.24, 2.45) is 5.73 Å². The lowest BCUT2D eigenvalue weighted by atomic mass is 9.87. The maximum atomic E-state index is 11.8. The van der Waals surface area contributed by atoms with Gasteiger partial charge >= 0.3 is 6.18 Å². The smallest absolute Gasteiger partial charge is 0.319 e. The normalized spacial score (nSPS) is 13.0. The van der Waals surface area contributed by atoms with Gasteiger partial charge in [-0.3, -0.25) is 4.79 Å². The van der Waals surface area contributed by atoms with Gasteiger partial charge in [-0.2, -0.15) is 13.2 Å². The first-order valence-corrected chi connectivity index (χ1v) is 4.64. The number of nitrogens with two attached hydrogens (primary N) is 1. The van der Waals surface area contributed by atoms with Gasteiger partial charge < -0.3 is 5.73 Å². The Bertz CT molecular complexity index is 197. The Hall–Kier alpha value is -0.580. The van der Waals surface area contributed by atoms with Crippen LogP contribution in [0.5, 0.6) is 0 Å². The second-order valence-corrected chi connectivity index (χ2v) is 3.40. The van der Waals surface area contributed by atoms with Crippen LogP contribution < -0.4 is 5.73 Å². The minimum Gasteiger partial charge on any atom is -0.319 e. The van der Waals surface area contributed by atoms with E-state index in [4.69, 9.17) is 5.73 Å². The number of hydrogen-bond donors (Lipinski definition) is 1. The molecule has 14 heavy (non-hydrogen) atoms. The average molecular weight is 211 g/mol. The molecule has 0 aliphatic rings. The number of hydrogen-bond acceptors (Lipinski definition) is 2. The molecule has 0 bridgehead atoms. The topological polar surface area (TPSA) is 43.1 Å². The lowest BCUT2D eigenvalue weighted by molar-refractivity contribution is -0.145. The van der Waals surface area contributed by atoms with Crippen LogP contribution in [0.2, 0.25) is 0 Å². The van der Waals surface area contributed by atoms with E-state index in [-0.39, 0.29) is 0 Å². The van der Waals surface area contributed by atoms with Crippen LogP contribution in [0.25, 0.3) is 0 Å². The Labute approximate surface area is 81.7 Å². The van der Waals surface area contributed by atoms with Gasteiger partial charge in [-0.25, -0.2) is 0 Å². The van der Waals surface area contributed by atoms with E-state index in [1.54, 1.807) is 13.8 Å². The molecule has 0 aromatic carbocycles. The van der Waals surface area contributed by atoms with E-state index in [1.165, 1.54) is 0 Å². The van der Waals surface area contributed by atoms with E-state index in [1.807, 2.05) is 0 Å². The van der Waals surface area contributed by atoms with E-state index >= 15 is 0 Å². The fourth-order valence-corrected chi connectivity index (χ4v) is 1.15. The number of rotatable bonds is 5. The molecular formula is C9H16F3NO. The molecule has 0 rings (SSSR count). The lowest BCUT2D eigenvalue weighted by Crippen LogP contribution is -2.47. The fraction of sp³-hybridized carbons (Fsp3) is 0.889. The van der Waals surface area contributed by atoms with Crippen molar-refractivity contribution in [3.8, 4) is 0 Å². The van der Waals surface area contributed by atoms with Crippen LogP contribution in [0.1, 0.15) is 39.5 Å². The minimum absolute atomic E-state index is 0.375. The van der Waals surface area contributed by atoms with Gasteiger partial charge in [0.2, 0.25) is 0 Å². The third kappa shape index (κ3) is 4.09. The van der Waals surface area contributed by atoms with Crippen molar-refractivity contribution in [1.29, 1.82) is 0 Å². The molecule has 0 spiro atoms.